The summed E-state index contributed by atoms with van der Waals surface area (Å²) < 4.78 is 2.14. The Bertz CT molecular complexity index is 1170. The fourth-order valence-electron chi connectivity index (χ4n) is 4.35. The van der Waals surface area contributed by atoms with Crippen molar-refractivity contribution in [2.45, 2.75) is 36.9 Å². The van der Waals surface area contributed by atoms with E-state index in [9.17, 15) is 9.59 Å². The lowest BCUT2D eigenvalue weighted by Crippen LogP contribution is -2.43. The van der Waals surface area contributed by atoms with Crippen LogP contribution in [0.25, 0.3) is 11.4 Å². The number of carbonyl (C=O) groups is 2. The van der Waals surface area contributed by atoms with Gasteiger partial charge in [-0.2, -0.15) is 0 Å². The predicted octanol–water partition coefficient (Wildman–Crippen LogP) is 4.79. The summed E-state index contributed by atoms with van der Waals surface area (Å²) in [6.07, 6.45) is 4.42. The van der Waals surface area contributed by atoms with Crippen molar-refractivity contribution < 1.29 is 9.59 Å². The third-order valence-electron chi connectivity index (χ3n) is 5.87. The van der Waals surface area contributed by atoms with E-state index < -0.39 is 0 Å². The minimum atomic E-state index is -0.197. The fraction of sp³-hybridized carbons (Fsp3) is 0.304. The molecule has 32 heavy (non-hydrogen) atoms. The third-order valence-corrected chi connectivity index (χ3v) is 7.12. The maximum absolute atomic E-state index is 13.1. The molecule has 0 saturated heterocycles. The summed E-state index contributed by atoms with van der Waals surface area (Å²) in [6.45, 7) is 0.0105. The van der Waals surface area contributed by atoms with Crippen LogP contribution in [0.1, 0.15) is 31.7 Å². The quantitative estimate of drug-likeness (QED) is 0.545. The van der Waals surface area contributed by atoms with Gasteiger partial charge in [-0.1, -0.05) is 60.5 Å². The second-order valence-corrected chi connectivity index (χ2v) is 9.28. The largest absolute Gasteiger partial charge is 0.323 e. The number of thioether (sulfide) groups is 1. The Hall–Kier alpha value is -2.84. The minimum absolute atomic E-state index is 0.0105. The summed E-state index contributed by atoms with van der Waals surface area (Å²) >= 11 is 7.81. The molecule has 0 spiro atoms. The van der Waals surface area contributed by atoms with Gasteiger partial charge in [-0.05, 0) is 37.1 Å². The fourth-order valence-corrected chi connectivity index (χ4v) is 5.46. The van der Waals surface area contributed by atoms with Gasteiger partial charge in [-0.3, -0.25) is 14.2 Å². The van der Waals surface area contributed by atoms with Crippen LogP contribution in [-0.2, 0) is 9.59 Å². The van der Waals surface area contributed by atoms with E-state index >= 15 is 0 Å². The minimum Gasteiger partial charge on any atom is -0.323 e. The SMILES string of the molecule is O=C1CN(C(=O)CSc2nnc(-c3ccccc3Cl)n2C2CCCC2)c2ccccc2N1. The number of para-hydroxylation sites is 2. The molecule has 2 amide bonds. The van der Waals surface area contributed by atoms with Crippen LogP contribution >= 0.6 is 23.4 Å². The zero-order valence-corrected chi connectivity index (χ0v) is 18.9. The summed E-state index contributed by atoms with van der Waals surface area (Å²) in [7, 11) is 0. The zero-order chi connectivity index (χ0) is 22.1. The van der Waals surface area contributed by atoms with Gasteiger partial charge in [0, 0.05) is 11.6 Å². The van der Waals surface area contributed by atoms with Gasteiger partial charge in [0.2, 0.25) is 11.8 Å². The Morgan fingerprint density at radius 1 is 1.09 bits per heavy atom. The van der Waals surface area contributed by atoms with Crippen molar-refractivity contribution in [2.24, 2.45) is 0 Å². The maximum atomic E-state index is 13.1. The molecule has 0 bridgehead atoms. The molecular weight excluding hydrogens is 446 g/mol. The lowest BCUT2D eigenvalue weighted by Gasteiger charge is -2.29. The Labute approximate surface area is 195 Å². The summed E-state index contributed by atoms with van der Waals surface area (Å²) in [4.78, 5) is 26.7. The molecule has 1 N–H and O–H groups in total. The Morgan fingerprint density at radius 3 is 2.66 bits per heavy atom. The van der Waals surface area contributed by atoms with Crippen LogP contribution in [0.5, 0.6) is 0 Å². The average Bonchev–Trinajstić information content (AvgIpc) is 3.47. The van der Waals surface area contributed by atoms with Crippen LogP contribution in [0, 0.1) is 0 Å². The first-order valence-electron chi connectivity index (χ1n) is 10.6. The number of amides is 2. The highest BCUT2D eigenvalue weighted by molar-refractivity contribution is 7.99. The molecule has 3 aromatic rings. The smallest absolute Gasteiger partial charge is 0.244 e. The number of aromatic nitrogens is 3. The van der Waals surface area contributed by atoms with Crippen molar-refractivity contribution in [3.8, 4) is 11.4 Å². The summed E-state index contributed by atoms with van der Waals surface area (Å²) in [5.74, 6) is 0.560. The van der Waals surface area contributed by atoms with Gasteiger partial charge >= 0.3 is 0 Å². The molecule has 1 fully saturated rings. The van der Waals surface area contributed by atoms with Crippen molar-refractivity contribution in [1.29, 1.82) is 0 Å². The first kappa shape index (κ1) is 21.0. The first-order chi connectivity index (χ1) is 15.6. The van der Waals surface area contributed by atoms with E-state index in [2.05, 4.69) is 20.1 Å². The van der Waals surface area contributed by atoms with Crippen LogP contribution < -0.4 is 10.2 Å². The number of benzene rings is 2. The number of hydrogen-bond donors (Lipinski definition) is 1. The van der Waals surface area contributed by atoms with E-state index in [0.717, 1.165) is 37.1 Å². The monoisotopic (exact) mass is 467 g/mol. The number of nitrogens with one attached hydrogen (secondary N) is 1. The third kappa shape index (κ3) is 4.00. The number of rotatable bonds is 5. The standard InChI is InChI=1S/C23H22ClN5O2S/c24-17-10-4-3-9-16(17)22-26-27-23(29(22)15-7-1-2-8-15)32-14-21(31)28-13-20(30)25-18-11-5-6-12-19(18)28/h3-6,9-12,15H,1-2,7-8,13-14H2,(H,25,30). The summed E-state index contributed by atoms with van der Waals surface area (Å²) in [5.41, 5.74) is 2.21. The van der Waals surface area contributed by atoms with E-state index in [1.807, 2.05) is 42.5 Å². The number of nitrogens with zero attached hydrogens (tertiary/aromatic N) is 4. The number of halogens is 1. The van der Waals surface area contributed by atoms with Crippen molar-refractivity contribution in [3.63, 3.8) is 0 Å². The molecule has 1 aliphatic heterocycles. The van der Waals surface area contributed by atoms with Gasteiger partial charge in [0.05, 0.1) is 22.2 Å². The Balaban J connectivity index is 1.41. The van der Waals surface area contributed by atoms with E-state index in [4.69, 9.17) is 11.6 Å². The van der Waals surface area contributed by atoms with Gasteiger partial charge in [-0.25, -0.2) is 0 Å². The number of fused-ring (bicyclic) bond motifs is 1. The Kier molecular flexibility index (Phi) is 5.89. The van der Waals surface area contributed by atoms with Gasteiger partial charge < -0.3 is 10.2 Å². The average molecular weight is 468 g/mol. The van der Waals surface area contributed by atoms with Gasteiger partial charge in [0.1, 0.15) is 6.54 Å². The van der Waals surface area contributed by atoms with Crippen LogP contribution in [-0.4, -0.2) is 38.9 Å². The van der Waals surface area contributed by atoms with E-state index in [0.29, 0.717) is 21.6 Å². The van der Waals surface area contributed by atoms with Crippen molar-refractivity contribution in [1.82, 2.24) is 14.8 Å². The van der Waals surface area contributed by atoms with Gasteiger partial charge in [0.25, 0.3) is 0 Å². The van der Waals surface area contributed by atoms with Crippen molar-refractivity contribution >= 4 is 46.6 Å². The normalized spacial score (nSPS) is 16.2. The van der Waals surface area contributed by atoms with E-state index in [-0.39, 0.29) is 30.2 Å². The molecule has 7 nitrogen and oxygen atoms in total. The second kappa shape index (κ2) is 8.96. The number of anilines is 2. The molecule has 9 heteroatoms. The molecule has 164 valence electrons. The van der Waals surface area contributed by atoms with E-state index in [1.165, 1.54) is 16.7 Å². The van der Waals surface area contributed by atoms with E-state index in [1.54, 1.807) is 6.07 Å². The lowest BCUT2D eigenvalue weighted by molar-refractivity contribution is -0.120. The molecule has 1 aromatic heterocycles. The second-order valence-electron chi connectivity index (χ2n) is 7.93. The van der Waals surface area contributed by atoms with Crippen molar-refractivity contribution in [3.05, 3.63) is 53.6 Å². The summed E-state index contributed by atoms with van der Waals surface area (Å²) in [5, 5.41) is 13.0. The highest BCUT2D eigenvalue weighted by Gasteiger charge is 2.29. The molecule has 2 aromatic carbocycles. The molecular formula is C23H22ClN5O2S. The number of hydrogen-bond acceptors (Lipinski definition) is 5. The highest BCUT2D eigenvalue weighted by Crippen LogP contribution is 2.38. The van der Waals surface area contributed by atoms with Crippen LogP contribution in [0.15, 0.2) is 53.7 Å². The van der Waals surface area contributed by atoms with Crippen LogP contribution in [0.3, 0.4) is 0 Å². The molecule has 1 aliphatic carbocycles. The molecule has 5 rings (SSSR count). The molecule has 0 atom stereocenters. The van der Waals surface area contributed by atoms with Gasteiger partial charge in [0.15, 0.2) is 11.0 Å². The molecule has 1 saturated carbocycles. The van der Waals surface area contributed by atoms with Gasteiger partial charge in [-0.15, -0.1) is 10.2 Å². The highest BCUT2D eigenvalue weighted by atomic mass is 35.5. The molecule has 0 radical (unpaired) electrons. The summed E-state index contributed by atoms with van der Waals surface area (Å²) in [6, 6.07) is 15.2. The Morgan fingerprint density at radius 2 is 1.84 bits per heavy atom. The van der Waals surface area contributed by atoms with Crippen LogP contribution in [0.2, 0.25) is 5.02 Å². The molecule has 2 heterocycles. The van der Waals surface area contributed by atoms with Crippen molar-refractivity contribution in [2.75, 3.05) is 22.5 Å². The number of carbonyl (C=O) groups excluding carboxylic acids is 2. The molecule has 2 aliphatic rings. The topological polar surface area (TPSA) is 80.1 Å². The first-order valence-corrected chi connectivity index (χ1v) is 12.0. The maximum Gasteiger partial charge on any atom is 0.244 e. The van der Waals surface area contributed by atoms with Crippen LogP contribution in [0.4, 0.5) is 11.4 Å². The lowest BCUT2D eigenvalue weighted by atomic mass is 10.2. The molecule has 0 unspecified atom stereocenters. The zero-order valence-electron chi connectivity index (χ0n) is 17.3. The predicted molar refractivity (Wildman–Crippen MR) is 126 cm³/mol.